The molecule has 4 heteroatoms. The van der Waals surface area contributed by atoms with Crippen molar-refractivity contribution in [2.45, 2.75) is 18.6 Å². The van der Waals surface area contributed by atoms with Crippen molar-refractivity contribution in [3.63, 3.8) is 0 Å². The van der Waals surface area contributed by atoms with Gasteiger partial charge in [0.1, 0.15) is 5.82 Å². The summed E-state index contributed by atoms with van der Waals surface area (Å²) in [5.74, 6) is -0.199. The molecular formula is C14H18FNO2. The van der Waals surface area contributed by atoms with Gasteiger partial charge in [0.05, 0.1) is 19.3 Å². The van der Waals surface area contributed by atoms with Gasteiger partial charge in [-0.2, -0.15) is 0 Å². The summed E-state index contributed by atoms with van der Waals surface area (Å²) < 4.78 is 24.1. The van der Waals surface area contributed by atoms with Crippen LogP contribution in [0.25, 0.3) is 0 Å². The zero-order valence-electron chi connectivity index (χ0n) is 10.3. The Morgan fingerprint density at radius 1 is 1.17 bits per heavy atom. The Bertz CT molecular complexity index is 389. The molecule has 3 rings (SSSR count). The van der Waals surface area contributed by atoms with Crippen LogP contribution in [0.3, 0.4) is 0 Å². The maximum absolute atomic E-state index is 12.9. The monoisotopic (exact) mass is 251 g/mol. The summed E-state index contributed by atoms with van der Waals surface area (Å²) in [6.45, 7) is 4.27. The highest BCUT2D eigenvalue weighted by molar-refractivity contribution is 5.19. The fourth-order valence-electron chi connectivity index (χ4n) is 2.69. The lowest BCUT2D eigenvalue weighted by Crippen LogP contribution is -2.45. The zero-order chi connectivity index (χ0) is 12.4. The van der Waals surface area contributed by atoms with E-state index in [9.17, 15) is 4.39 Å². The molecule has 0 spiro atoms. The molecule has 2 fully saturated rings. The minimum Gasteiger partial charge on any atom is -0.380 e. The van der Waals surface area contributed by atoms with Crippen LogP contribution in [0.5, 0.6) is 0 Å². The number of hydrogen-bond acceptors (Lipinski definition) is 3. The van der Waals surface area contributed by atoms with E-state index in [0.717, 1.165) is 44.9 Å². The Morgan fingerprint density at radius 3 is 2.72 bits per heavy atom. The highest BCUT2D eigenvalue weighted by Crippen LogP contribution is 2.25. The van der Waals surface area contributed by atoms with Crippen molar-refractivity contribution in [2.75, 3.05) is 32.9 Å². The molecule has 0 amide bonds. The van der Waals surface area contributed by atoms with Crippen LogP contribution in [0, 0.1) is 5.82 Å². The van der Waals surface area contributed by atoms with Gasteiger partial charge < -0.3 is 9.47 Å². The van der Waals surface area contributed by atoms with E-state index in [0.29, 0.717) is 6.04 Å². The third-order valence-electron chi connectivity index (χ3n) is 3.76. The lowest BCUT2D eigenvalue weighted by Gasteiger charge is -2.36. The Kier molecular flexibility index (Phi) is 3.59. The van der Waals surface area contributed by atoms with Crippen molar-refractivity contribution in [1.29, 1.82) is 0 Å². The van der Waals surface area contributed by atoms with Gasteiger partial charge in [0.15, 0.2) is 0 Å². The quantitative estimate of drug-likeness (QED) is 0.802. The molecule has 18 heavy (non-hydrogen) atoms. The van der Waals surface area contributed by atoms with Crippen molar-refractivity contribution < 1.29 is 13.9 Å². The summed E-state index contributed by atoms with van der Waals surface area (Å²) in [6.07, 6.45) is 1.16. The fraction of sp³-hybridized carbons (Fsp3) is 0.571. The fourth-order valence-corrected chi connectivity index (χ4v) is 2.69. The minimum absolute atomic E-state index is 0.0555. The van der Waals surface area contributed by atoms with Gasteiger partial charge in [-0.3, -0.25) is 4.90 Å². The van der Waals surface area contributed by atoms with Crippen LogP contribution in [0.1, 0.15) is 18.1 Å². The van der Waals surface area contributed by atoms with Crippen LogP contribution < -0.4 is 0 Å². The molecule has 3 nitrogen and oxygen atoms in total. The van der Waals surface area contributed by atoms with Crippen molar-refractivity contribution >= 4 is 0 Å². The first kappa shape index (κ1) is 12.1. The second-order valence-electron chi connectivity index (χ2n) is 4.92. The minimum atomic E-state index is -0.199. The smallest absolute Gasteiger partial charge is 0.123 e. The predicted octanol–water partition coefficient (Wildman–Crippen LogP) is 1.99. The third kappa shape index (κ3) is 2.55. The second-order valence-corrected chi connectivity index (χ2v) is 4.92. The Morgan fingerprint density at radius 2 is 2.00 bits per heavy atom. The van der Waals surface area contributed by atoms with Gasteiger partial charge in [0, 0.05) is 25.7 Å². The van der Waals surface area contributed by atoms with E-state index in [4.69, 9.17) is 9.47 Å². The molecule has 2 atom stereocenters. The summed E-state index contributed by atoms with van der Waals surface area (Å²) >= 11 is 0. The molecule has 2 saturated heterocycles. The summed E-state index contributed by atoms with van der Waals surface area (Å²) in [6, 6.07) is 7.15. The van der Waals surface area contributed by atoms with Gasteiger partial charge >= 0.3 is 0 Å². The average Bonchev–Trinajstić information content (AvgIpc) is 2.94. The molecule has 2 aliphatic heterocycles. The van der Waals surface area contributed by atoms with E-state index in [1.165, 1.54) is 12.1 Å². The van der Waals surface area contributed by atoms with Crippen molar-refractivity contribution in [1.82, 2.24) is 4.90 Å². The van der Waals surface area contributed by atoms with E-state index >= 15 is 0 Å². The number of rotatable bonds is 2. The topological polar surface area (TPSA) is 21.7 Å². The number of benzene rings is 1. The summed E-state index contributed by atoms with van der Waals surface area (Å²) in [7, 11) is 0. The number of nitrogens with zero attached hydrogens (tertiary/aromatic N) is 1. The summed E-state index contributed by atoms with van der Waals surface area (Å²) in [5.41, 5.74) is 1.06. The highest BCUT2D eigenvalue weighted by Gasteiger charge is 2.29. The zero-order valence-corrected chi connectivity index (χ0v) is 10.3. The molecule has 2 heterocycles. The van der Waals surface area contributed by atoms with E-state index < -0.39 is 0 Å². The molecule has 0 saturated carbocycles. The normalized spacial score (nSPS) is 29.6. The SMILES string of the molecule is Fc1ccc([C@H]2CN([C@H]3CCOC3)CCO2)cc1. The first-order chi connectivity index (χ1) is 8.83. The van der Waals surface area contributed by atoms with Gasteiger partial charge in [-0.1, -0.05) is 12.1 Å². The van der Waals surface area contributed by atoms with Gasteiger partial charge in [-0.05, 0) is 24.1 Å². The van der Waals surface area contributed by atoms with Crippen LogP contribution in [0.4, 0.5) is 4.39 Å². The summed E-state index contributed by atoms with van der Waals surface area (Å²) in [5, 5.41) is 0. The van der Waals surface area contributed by atoms with Crippen LogP contribution in [0.2, 0.25) is 0 Å². The lowest BCUT2D eigenvalue weighted by atomic mass is 10.1. The molecule has 1 aromatic carbocycles. The standard InChI is InChI=1S/C14H18FNO2/c15-12-3-1-11(2-4-12)14-9-16(6-8-18-14)13-5-7-17-10-13/h1-4,13-14H,5-10H2/t13-,14+/m0/s1. The van der Waals surface area contributed by atoms with E-state index in [-0.39, 0.29) is 11.9 Å². The number of halogens is 1. The molecule has 2 aliphatic rings. The summed E-state index contributed by atoms with van der Waals surface area (Å²) in [4.78, 5) is 2.44. The highest BCUT2D eigenvalue weighted by atomic mass is 19.1. The van der Waals surface area contributed by atoms with Gasteiger partial charge in [-0.25, -0.2) is 4.39 Å². The first-order valence-electron chi connectivity index (χ1n) is 6.52. The maximum atomic E-state index is 12.9. The van der Waals surface area contributed by atoms with Crippen LogP contribution in [-0.2, 0) is 9.47 Å². The number of morpholine rings is 1. The molecular weight excluding hydrogens is 233 g/mol. The largest absolute Gasteiger partial charge is 0.380 e. The molecule has 98 valence electrons. The van der Waals surface area contributed by atoms with Gasteiger partial charge in [0.25, 0.3) is 0 Å². The third-order valence-corrected chi connectivity index (χ3v) is 3.76. The van der Waals surface area contributed by atoms with Crippen LogP contribution in [0.15, 0.2) is 24.3 Å². The van der Waals surface area contributed by atoms with Gasteiger partial charge in [-0.15, -0.1) is 0 Å². The second kappa shape index (κ2) is 5.34. The van der Waals surface area contributed by atoms with Crippen molar-refractivity contribution in [2.24, 2.45) is 0 Å². The first-order valence-corrected chi connectivity index (χ1v) is 6.52. The lowest BCUT2D eigenvalue weighted by molar-refractivity contribution is -0.0456. The molecule has 0 radical (unpaired) electrons. The Balaban J connectivity index is 1.67. The molecule has 0 N–H and O–H groups in total. The molecule has 0 aliphatic carbocycles. The van der Waals surface area contributed by atoms with E-state index in [1.54, 1.807) is 0 Å². The molecule has 0 aromatic heterocycles. The van der Waals surface area contributed by atoms with Gasteiger partial charge in [0.2, 0.25) is 0 Å². The Labute approximate surface area is 106 Å². The maximum Gasteiger partial charge on any atom is 0.123 e. The predicted molar refractivity (Wildman–Crippen MR) is 65.9 cm³/mol. The van der Waals surface area contributed by atoms with Crippen molar-refractivity contribution in [3.8, 4) is 0 Å². The van der Waals surface area contributed by atoms with Crippen LogP contribution >= 0.6 is 0 Å². The van der Waals surface area contributed by atoms with E-state index in [1.807, 2.05) is 12.1 Å². The van der Waals surface area contributed by atoms with E-state index in [2.05, 4.69) is 4.90 Å². The average molecular weight is 251 g/mol. The number of ether oxygens (including phenoxy) is 2. The van der Waals surface area contributed by atoms with Crippen molar-refractivity contribution in [3.05, 3.63) is 35.6 Å². The number of hydrogen-bond donors (Lipinski definition) is 0. The molecule has 0 bridgehead atoms. The molecule has 0 unspecified atom stereocenters. The van der Waals surface area contributed by atoms with Crippen LogP contribution in [-0.4, -0.2) is 43.9 Å². The molecule has 1 aromatic rings. The Hall–Kier alpha value is -0.970.